The van der Waals surface area contributed by atoms with Gasteiger partial charge in [-0.1, -0.05) is 11.6 Å². The number of halogens is 3. The lowest BCUT2D eigenvalue weighted by Crippen LogP contribution is -2.04. The zero-order valence-electron chi connectivity index (χ0n) is 5.51. The van der Waals surface area contributed by atoms with Gasteiger partial charge in [-0.25, -0.2) is 9.78 Å². The summed E-state index contributed by atoms with van der Waals surface area (Å²) >= 11 is 9.67. The van der Waals surface area contributed by atoms with Gasteiger partial charge >= 0.3 is 5.97 Å². The van der Waals surface area contributed by atoms with Gasteiger partial charge in [-0.3, -0.25) is 0 Å². The van der Waals surface area contributed by atoms with Crippen molar-refractivity contribution in [1.82, 2.24) is 4.98 Å². The fraction of sp³-hybridized carbons (Fsp3) is 0. The number of carbonyl (C=O) groups is 1. The minimum absolute atomic E-state index is 0.000941. The van der Waals surface area contributed by atoms with E-state index in [0.717, 1.165) is 3.57 Å². The van der Waals surface area contributed by atoms with Crippen molar-refractivity contribution >= 4 is 62.8 Å². The number of nitrogens with zero attached hydrogens (tertiary/aromatic N) is 1. The first kappa shape index (κ1) is 10.5. The van der Waals surface area contributed by atoms with E-state index in [1.165, 1.54) is 6.20 Å². The van der Waals surface area contributed by atoms with E-state index in [1.807, 2.05) is 45.2 Å². The summed E-state index contributed by atoms with van der Waals surface area (Å²) in [6.45, 7) is 0. The maximum Gasteiger partial charge on any atom is 0.355 e. The second kappa shape index (κ2) is 4.05. The molecule has 1 aromatic heterocycles. The Bertz CT molecular complexity index is 343. The van der Waals surface area contributed by atoms with E-state index >= 15 is 0 Å². The number of aromatic nitrogens is 1. The van der Waals surface area contributed by atoms with Gasteiger partial charge in [0.2, 0.25) is 0 Å². The predicted octanol–water partition coefficient (Wildman–Crippen LogP) is 2.64. The summed E-state index contributed by atoms with van der Waals surface area (Å²) in [6, 6.07) is 0. The molecule has 0 aliphatic rings. The molecular weight excluding hydrogens is 407 g/mol. The maximum atomic E-state index is 10.6. The topological polar surface area (TPSA) is 50.2 Å². The van der Waals surface area contributed by atoms with Crippen LogP contribution in [0.4, 0.5) is 0 Å². The Hall–Kier alpha value is 0.370. The molecule has 1 heterocycles. The molecule has 0 spiro atoms. The van der Waals surface area contributed by atoms with Gasteiger partial charge in [-0.15, -0.1) is 0 Å². The maximum absolute atomic E-state index is 10.6. The van der Waals surface area contributed by atoms with Crippen molar-refractivity contribution < 1.29 is 9.90 Å². The number of carboxylic acid groups (broad SMARTS) is 1. The van der Waals surface area contributed by atoms with Crippen LogP contribution in [-0.2, 0) is 0 Å². The fourth-order valence-electron chi connectivity index (χ4n) is 0.592. The van der Waals surface area contributed by atoms with E-state index in [1.54, 1.807) is 0 Å². The molecular formula is C6H2ClI2NO2. The second-order valence-corrected chi connectivity index (χ2v) is 4.51. The number of hydrogen-bond acceptors (Lipinski definition) is 2. The molecule has 0 aromatic carbocycles. The second-order valence-electron chi connectivity index (χ2n) is 1.89. The van der Waals surface area contributed by atoms with Crippen LogP contribution in [0.1, 0.15) is 10.5 Å². The highest BCUT2D eigenvalue weighted by atomic mass is 127. The average Bonchev–Trinajstić information content (AvgIpc) is 2.00. The van der Waals surface area contributed by atoms with Crippen molar-refractivity contribution in [1.29, 1.82) is 0 Å². The molecule has 12 heavy (non-hydrogen) atoms. The van der Waals surface area contributed by atoms with E-state index in [9.17, 15) is 4.79 Å². The highest BCUT2D eigenvalue weighted by molar-refractivity contribution is 14.1. The van der Waals surface area contributed by atoms with Gasteiger partial charge in [0.1, 0.15) is 0 Å². The number of rotatable bonds is 1. The number of pyridine rings is 1. The standard InChI is InChI=1S/C6H2ClI2NO2/c7-3-2(8)1-10-5(4(3)9)6(11)12/h1H,(H,11,12). The molecule has 0 aliphatic heterocycles. The third-order valence-electron chi connectivity index (χ3n) is 1.12. The molecule has 0 saturated carbocycles. The third kappa shape index (κ3) is 1.99. The Morgan fingerprint density at radius 2 is 2.17 bits per heavy atom. The average molecular weight is 409 g/mol. The zero-order chi connectivity index (χ0) is 9.30. The molecule has 0 radical (unpaired) electrons. The van der Waals surface area contributed by atoms with Crippen molar-refractivity contribution in [2.24, 2.45) is 0 Å². The zero-order valence-corrected chi connectivity index (χ0v) is 10.6. The van der Waals surface area contributed by atoms with Crippen molar-refractivity contribution in [2.45, 2.75) is 0 Å². The van der Waals surface area contributed by atoms with Crippen LogP contribution in [-0.4, -0.2) is 16.1 Å². The first-order chi connectivity index (χ1) is 5.54. The Kier molecular flexibility index (Phi) is 3.53. The van der Waals surface area contributed by atoms with Gasteiger partial charge < -0.3 is 5.11 Å². The largest absolute Gasteiger partial charge is 0.476 e. The molecule has 3 nitrogen and oxygen atoms in total. The summed E-state index contributed by atoms with van der Waals surface area (Å²) in [5.74, 6) is -1.06. The Morgan fingerprint density at radius 3 is 2.67 bits per heavy atom. The molecule has 0 bridgehead atoms. The van der Waals surface area contributed by atoms with Crippen LogP contribution in [0.5, 0.6) is 0 Å². The Morgan fingerprint density at radius 1 is 1.58 bits per heavy atom. The van der Waals surface area contributed by atoms with Crippen molar-refractivity contribution in [3.05, 3.63) is 24.1 Å². The van der Waals surface area contributed by atoms with E-state index in [4.69, 9.17) is 16.7 Å². The van der Waals surface area contributed by atoms with Gasteiger partial charge in [-0.2, -0.15) is 0 Å². The molecule has 0 unspecified atom stereocenters. The SMILES string of the molecule is O=C(O)c1ncc(I)c(Cl)c1I. The van der Waals surface area contributed by atoms with Gasteiger partial charge in [0.15, 0.2) is 5.69 Å². The van der Waals surface area contributed by atoms with Crippen LogP contribution in [0.3, 0.4) is 0 Å². The van der Waals surface area contributed by atoms with Crippen LogP contribution in [0.2, 0.25) is 5.02 Å². The van der Waals surface area contributed by atoms with Gasteiger partial charge in [0.05, 0.1) is 12.2 Å². The van der Waals surface area contributed by atoms with Crippen molar-refractivity contribution in [3.8, 4) is 0 Å². The molecule has 0 amide bonds. The van der Waals surface area contributed by atoms with Crippen LogP contribution in [0.15, 0.2) is 6.20 Å². The smallest absolute Gasteiger partial charge is 0.355 e. The van der Waals surface area contributed by atoms with Crippen molar-refractivity contribution in [2.75, 3.05) is 0 Å². The molecule has 0 aliphatic carbocycles. The molecule has 0 saturated heterocycles. The summed E-state index contributed by atoms with van der Waals surface area (Å²) < 4.78 is 1.23. The highest BCUT2D eigenvalue weighted by Crippen LogP contribution is 2.25. The number of aromatic carboxylic acids is 1. The van der Waals surface area contributed by atoms with Crippen LogP contribution in [0.25, 0.3) is 0 Å². The van der Waals surface area contributed by atoms with Gasteiger partial charge in [-0.05, 0) is 45.2 Å². The summed E-state index contributed by atoms with van der Waals surface area (Å²) in [5, 5.41) is 9.10. The first-order valence-corrected chi connectivity index (χ1v) is 5.30. The minimum Gasteiger partial charge on any atom is -0.476 e. The molecule has 0 atom stereocenters. The normalized spacial score (nSPS) is 9.92. The molecule has 1 N–H and O–H groups in total. The van der Waals surface area contributed by atoms with E-state index < -0.39 is 5.97 Å². The fourth-order valence-corrected chi connectivity index (χ4v) is 2.32. The van der Waals surface area contributed by atoms with Crippen LogP contribution in [0, 0.1) is 7.14 Å². The lowest BCUT2D eigenvalue weighted by atomic mass is 10.3. The van der Waals surface area contributed by atoms with Crippen LogP contribution < -0.4 is 0 Å². The van der Waals surface area contributed by atoms with Gasteiger partial charge in [0, 0.05) is 6.20 Å². The van der Waals surface area contributed by atoms with Gasteiger partial charge in [0.25, 0.3) is 0 Å². The lowest BCUT2D eigenvalue weighted by Gasteiger charge is -2.01. The van der Waals surface area contributed by atoms with E-state index in [-0.39, 0.29) is 5.69 Å². The quantitative estimate of drug-likeness (QED) is 0.726. The highest BCUT2D eigenvalue weighted by Gasteiger charge is 2.14. The lowest BCUT2D eigenvalue weighted by molar-refractivity contribution is 0.0689. The molecule has 6 heteroatoms. The summed E-state index contributed by atoms with van der Waals surface area (Å²) in [5.41, 5.74) is 0.000941. The number of carboxylic acids is 1. The van der Waals surface area contributed by atoms with Crippen LogP contribution >= 0.6 is 56.8 Å². The summed E-state index contributed by atoms with van der Waals surface area (Å²) in [6.07, 6.45) is 1.44. The Balaban J connectivity index is 3.36. The number of hydrogen-bond donors (Lipinski definition) is 1. The molecule has 0 fully saturated rings. The predicted molar refractivity (Wildman–Crippen MR) is 61.6 cm³/mol. The Labute approximate surface area is 101 Å². The molecule has 1 aromatic rings. The molecule has 64 valence electrons. The third-order valence-corrected chi connectivity index (χ3v) is 4.02. The van der Waals surface area contributed by atoms with Crippen molar-refractivity contribution in [3.63, 3.8) is 0 Å². The van der Waals surface area contributed by atoms with E-state index in [0.29, 0.717) is 8.59 Å². The summed E-state index contributed by atoms with van der Waals surface area (Å²) in [4.78, 5) is 14.3. The van der Waals surface area contributed by atoms with E-state index in [2.05, 4.69) is 4.98 Å². The minimum atomic E-state index is -1.06. The first-order valence-electron chi connectivity index (χ1n) is 2.77. The monoisotopic (exact) mass is 409 g/mol. The molecule has 1 rings (SSSR count). The summed E-state index contributed by atoms with van der Waals surface area (Å²) in [7, 11) is 0.